The van der Waals surface area contributed by atoms with Crippen LogP contribution in [0.2, 0.25) is 0 Å². The number of ether oxygens (including phenoxy) is 2. The van der Waals surface area contributed by atoms with Gasteiger partial charge in [0.1, 0.15) is 0 Å². The first-order valence-corrected chi connectivity index (χ1v) is 12.1. The molecule has 4 unspecified atom stereocenters. The highest BCUT2D eigenvalue weighted by Crippen LogP contribution is 2.33. The number of aliphatic hydroxyl groups excluding tert-OH is 3. The fourth-order valence-electron chi connectivity index (χ4n) is 4.19. The fraction of sp³-hybridized carbons (Fsp3) is 0.654. The molecule has 0 radical (unpaired) electrons. The molecule has 35 heavy (non-hydrogen) atoms. The van der Waals surface area contributed by atoms with Crippen LogP contribution in [-0.4, -0.2) is 58.4 Å². The second-order valence-corrected chi connectivity index (χ2v) is 9.36. The maximum Gasteiger partial charge on any atom is 0.416 e. The summed E-state index contributed by atoms with van der Waals surface area (Å²) in [6, 6.07) is 4.99. The van der Waals surface area contributed by atoms with Gasteiger partial charge in [0, 0.05) is 18.8 Å². The third kappa shape index (κ3) is 10.3. The zero-order chi connectivity index (χ0) is 26.0. The van der Waals surface area contributed by atoms with Crippen LogP contribution >= 0.6 is 0 Å². The Morgan fingerprint density at radius 1 is 1.20 bits per heavy atom. The molecule has 0 heterocycles. The summed E-state index contributed by atoms with van der Waals surface area (Å²) in [5, 5.41) is 30.9. The number of alkyl halides is 3. The first-order chi connectivity index (χ1) is 16.5. The maximum atomic E-state index is 12.9. The largest absolute Gasteiger partial charge is 0.463 e. The summed E-state index contributed by atoms with van der Waals surface area (Å²) < 4.78 is 49.4. The minimum atomic E-state index is -4.42. The zero-order valence-corrected chi connectivity index (χ0v) is 20.3. The Labute approximate surface area is 204 Å². The lowest BCUT2D eigenvalue weighted by atomic mass is 9.98. The quantitative estimate of drug-likeness (QED) is 0.213. The van der Waals surface area contributed by atoms with Crippen molar-refractivity contribution in [1.29, 1.82) is 0 Å². The molecule has 9 heteroatoms. The Balaban J connectivity index is 1.76. The second kappa shape index (κ2) is 14.0. The number of carbonyl (C=O) groups excluding carboxylic acids is 1. The van der Waals surface area contributed by atoms with Crippen molar-refractivity contribution in [2.45, 2.75) is 95.5 Å². The molecule has 6 nitrogen and oxygen atoms in total. The Kier molecular flexibility index (Phi) is 11.7. The van der Waals surface area contributed by atoms with Crippen LogP contribution in [0, 0.1) is 5.92 Å². The number of hydrogen-bond donors (Lipinski definition) is 3. The van der Waals surface area contributed by atoms with E-state index in [1.54, 1.807) is 19.9 Å². The number of allylic oxidation sites excluding steroid dienone is 2. The number of aryl methyl sites for hydroxylation is 1. The third-order valence-corrected chi connectivity index (χ3v) is 5.97. The lowest BCUT2D eigenvalue weighted by Gasteiger charge is -2.24. The predicted molar refractivity (Wildman–Crippen MR) is 124 cm³/mol. The number of unbranched alkanes of at least 4 members (excludes halogenated alkanes) is 1. The molecule has 1 aliphatic carbocycles. The summed E-state index contributed by atoms with van der Waals surface area (Å²) in [6.07, 6.45) is -1.18. The van der Waals surface area contributed by atoms with Gasteiger partial charge >= 0.3 is 12.1 Å². The van der Waals surface area contributed by atoms with Gasteiger partial charge in [-0.1, -0.05) is 30.4 Å². The third-order valence-electron chi connectivity index (χ3n) is 5.97. The Bertz CT molecular complexity index is 811. The molecule has 1 aliphatic rings. The van der Waals surface area contributed by atoms with Crippen molar-refractivity contribution in [3.8, 4) is 0 Å². The van der Waals surface area contributed by atoms with Crippen molar-refractivity contribution in [3.05, 3.63) is 47.5 Å². The Morgan fingerprint density at radius 3 is 2.63 bits per heavy atom. The van der Waals surface area contributed by atoms with Gasteiger partial charge in [-0.3, -0.25) is 4.79 Å². The average Bonchev–Trinajstić information content (AvgIpc) is 3.04. The fourth-order valence-corrected chi connectivity index (χ4v) is 4.19. The first kappa shape index (κ1) is 29.3. The highest BCUT2D eigenvalue weighted by atomic mass is 19.4. The minimum absolute atomic E-state index is 0.0917. The Morgan fingerprint density at radius 2 is 1.94 bits per heavy atom. The van der Waals surface area contributed by atoms with E-state index in [2.05, 4.69) is 0 Å². The van der Waals surface area contributed by atoms with E-state index in [1.807, 2.05) is 12.2 Å². The number of carbonyl (C=O) groups is 1. The molecule has 0 bridgehead atoms. The summed E-state index contributed by atoms with van der Waals surface area (Å²) >= 11 is 0. The summed E-state index contributed by atoms with van der Waals surface area (Å²) in [5.74, 6) is -0.578. The number of aliphatic hydroxyl groups is 3. The molecule has 1 fully saturated rings. The van der Waals surface area contributed by atoms with E-state index in [1.165, 1.54) is 6.07 Å². The second-order valence-electron chi connectivity index (χ2n) is 9.36. The minimum Gasteiger partial charge on any atom is -0.463 e. The van der Waals surface area contributed by atoms with Gasteiger partial charge in [-0.2, -0.15) is 13.2 Å². The number of rotatable bonds is 13. The normalized spacial score (nSPS) is 23.8. The summed E-state index contributed by atoms with van der Waals surface area (Å²) in [6.45, 7) is 3.51. The van der Waals surface area contributed by atoms with Gasteiger partial charge in [0.05, 0.1) is 42.7 Å². The van der Waals surface area contributed by atoms with Gasteiger partial charge in [-0.15, -0.1) is 0 Å². The average molecular weight is 503 g/mol. The monoisotopic (exact) mass is 502 g/mol. The lowest BCUT2D eigenvalue weighted by Crippen LogP contribution is -2.33. The number of hydrogen-bond acceptors (Lipinski definition) is 6. The van der Waals surface area contributed by atoms with Gasteiger partial charge in [0.15, 0.2) is 0 Å². The van der Waals surface area contributed by atoms with E-state index in [4.69, 9.17) is 9.47 Å². The molecule has 0 spiro atoms. The van der Waals surface area contributed by atoms with Crippen LogP contribution in [0.25, 0.3) is 0 Å². The standard InChI is InChI=1S/C26H37F3O6/c1-17(2)35-24(33)11-6-4-3-5-10-21-22(31)15-23(32)25(21)34-16-20(30)13-12-18-8-7-9-19(14-18)26(27,28)29/h3,5,7-9,14,17,20-23,25,30-32H,4,6,10-13,15-16H2,1-2H3/b5-3-/t20?,21-,22?,23?,25?/m0/s1. The number of halogens is 3. The first-order valence-electron chi connectivity index (χ1n) is 12.1. The summed E-state index contributed by atoms with van der Waals surface area (Å²) in [7, 11) is 0. The van der Waals surface area contributed by atoms with Crippen LogP contribution in [0.5, 0.6) is 0 Å². The van der Waals surface area contributed by atoms with E-state index in [0.717, 1.165) is 12.1 Å². The molecule has 1 aromatic carbocycles. The topological polar surface area (TPSA) is 96.2 Å². The lowest BCUT2D eigenvalue weighted by molar-refractivity contribution is -0.147. The van der Waals surface area contributed by atoms with Crippen LogP contribution in [0.3, 0.4) is 0 Å². The number of esters is 1. The van der Waals surface area contributed by atoms with Crippen LogP contribution in [0.1, 0.15) is 63.5 Å². The Hall–Kier alpha value is -1.94. The zero-order valence-electron chi connectivity index (χ0n) is 20.3. The van der Waals surface area contributed by atoms with Crippen molar-refractivity contribution < 1.29 is 42.8 Å². The van der Waals surface area contributed by atoms with Gasteiger partial charge < -0.3 is 24.8 Å². The molecule has 0 aliphatic heterocycles. The smallest absolute Gasteiger partial charge is 0.416 e. The van der Waals surface area contributed by atoms with Gasteiger partial charge in [-0.05, 0) is 57.6 Å². The van der Waals surface area contributed by atoms with Crippen LogP contribution in [-0.2, 0) is 26.9 Å². The highest BCUT2D eigenvalue weighted by Gasteiger charge is 2.42. The SMILES string of the molecule is CC(C)OC(=O)CCC/C=C\C[C@H]1C(O)CC(O)C1OCC(O)CCc1cccc(C(F)(F)F)c1. The van der Waals surface area contributed by atoms with Crippen LogP contribution in [0.4, 0.5) is 13.2 Å². The van der Waals surface area contributed by atoms with Crippen LogP contribution < -0.4 is 0 Å². The molecular formula is C26H37F3O6. The molecular weight excluding hydrogens is 465 g/mol. The van der Waals surface area contributed by atoms with E-state index in [0.29, 0.717) is 31.2 Å². The molecule has 1 saturated carbocycles. The molecule has 0 amide bonds. The number of benzene rings is 1. The molecule has 2 rings (SSSR count). The summed E-state index contributed by atoms with van der Waals surface area (Å²) in [4.78, 5) is 11.5. The summed E-state index contributed by atoms with van der Waals surface area (Å²) in [5.41, 5.74) is -0.258. The van der Waals surface area contributed by atoms with E-state index < -0.39 is 36.2 Å². The molecule has 3 N–H and O–H groups in total. The van der Waals surface area contributed by atoms with Crippen molar-refractivity contribution in [3.63, 3.8) is 0 Å². The van der Waals surface area contributed by atoms with Crippen molar-refractivity contribution >= 4 is 5.97 Å². The molecule has 198 valence electrons. The highest BCUT2D eigenvalue weighted by molar-refractivity contribution is 5.69. The van der Waals surface area contributed by atoms with Crippen molar-refractivity contribution in [2.24, 2.45) is 5.92 Å². The predicted octanol–water partition coefficient (Wildman–Crippen LogP) is 4.19. The van der Waals surface area contributed by atoms with Crippen LogP contribution in [0.15, 0.2) is 36.4 Å². The molecule has 5 atom stereocenters. The van der Waals surface area contributed by atoms with E-state index >= 15 is 0 Å². The van der Waals surface area contributed by atoms with Crippen molar-refractivity contribution in [1.82, 2.24) is 0 Å². The van der Waals surface area contributed by atoms with E-state index in [9.17, 15) is 33.3 Å². The molecule has 1 aromatic rings. The molecule has 0 aromatic heterocycles. The van der Waals surface area contributed by atoms with Gasteiger partial charge in [0.25, 0.3) is 0 Å². The van der Waals surface area contributed by atoms with Gasteiger partial charge in [-0.25, -0.2) is 0 Å². The van der Waals surface area contributed by atoms with Crippen molar-refractivity contribution in [2.75, 3.05) is 6.61 Å². The maximum absolute atomic E-state index is 12.9. The van der Waals surface area contributed by atoms with Gasteiger partial charge in [0.2, 0.25) is 0 Å². The van der Waals surface area contributed by atoms with E-state index in [-0.39, 0.29) is 43.9 Å². The molecule has 0 saturated heterocycles.